The highest BCUT2D eigenvalue weighted by molar-refractivity contribution is 6.30. The molecule has 0 aromatic heterocycles. The molecule has 0 heterocycles. The Balaban J connectivity index is 2.89. The summed E-state index contributed by atoms with van der Waals surface area (Å²) in [5, 5.41) is 3.60. The zero-order chi connectivity index (χ0) is 12.1. The van der Waals surface area contributed by atoms with Crippen LogP contribution in [-0.2, 0) is 4.79 Å². The summed E-state index contributed by atoms with van der Waals surface area (Å²) in [4.78, 5) is 11.3. The van der Waals surface area contributed by atoms with E-state index in [-0.39, 0.29) is 11.9 Å². The summed E-state index contributed by atoms with van der Waals surface area (Å²) < 4.78 is 0. The fraction of sp³-hybridized carbons (Fsp3) is 0.308. The Hall–Kier alpha value is -1.28. The van der Waals surface area contributed by atoms with Gasteiger partial charge < -0.3 is 5.32 Å². The minimum absolute atomic E-state index is 0.0113. The van der Waals surface area contributed by atoms with E-state index >= 15 is 0 Å². The molecular formula is C13H16ClNO. The van der Waals surface area contributed by atoms with E-state index in [1.54, 1.807) is 0 Å². The van der Waals surface area contributed by atoms with Crippen LogP contribution in [0.1, 0.15) is 25.5 Å². The second kappa shape index (κ2) is 5.71. The number of nitrogens with one attached hydrogen (secondary N) is 1. The number of hydrogen-bond acceptors (Lipinski definition) is 1. The van der Waals surface area contributed by atoms with Gasteiger partial charge in [0.15, 0.2) is 0 Å². The molecule has 2 nitrogen and oxygen atoms in total. The first-order valence-corrected chi connectivity index (χ1v) is 5.60. The standard InChI is InChI=1S/C13H16ClNO/c1-4-12(16)15-13(9(2)3)10-5-7-11(14)8-6-10/h4-9,13H,1H2,2-3H3,(H,15,16). The van der Waals surface area contributed by atoms with E-state index in [1.807, 2.05) is 24.3 Å². The van der Waals surface area contributed by atoms with Crippen molar-refractivity contribution in [2.75, 3.05) is 0 Å². The first-order chi connectivity index (χ1) is 7.54. The predicted molar refractivity (Wildman–Crippen MR) is 67.4 cm³/mol. The van der Waals surface area contributed by atoms with Gasteiger partial charge in [0.2, 0.25) is 5.91 Å². The average Bonchev–Trinajstić information content (AvgIpc) is 2.26. The molecule has 1 rings (SSSR count). The molecule has 3 heteroatoms. The fourth-order valence-electron chi connectivity index (χ4n) is 1.52. The lowest BCUT2D eigenvalue weighted by Crippen LogP contribution is -2.30. The van der Waals surface area contributed by atoms with Gasteiger partial charge in [-0.2, -0.15) is 0 Å². The Kier molecular flexibility index (Phi) is 4.56. The van der Waals surface area contributed by atoms with Crippen LogP contribution in [0.3, 0.4) is 0 Å². The Labute approximate surface area is 101 Å². The van der Waals surface area contributed by atoms with Crippen LogP contribution in [0.4, 0.5) is 0 Å². The topological polar surface area (TPSA) is 29.1 Å². The normalized spacial score (nSPS) is 12.2. The van der Waals surface area contributed by atoms with Crippen molar-refractivity contribution in [2.45, 2.75) is 19.9 Å². The van der Waals surface area contributed by atoms with Gasteiger partial charge >= 0.3 is 0 Å². The largest absolute Gasteiger partial charge is 0.346 e. The van der Waals surface area contributed by atoms with E-state index in [0.29, 0.717) is 10.9 Å². The molecule has 1 aromatic carbocycles. The van der Waals surface area contributed by atoms with E-state index in [4.69, 9.17) is 11.6 Å². The predicted octanol–water partition coefficient (Wildman–Crippen LogP) is 3.34. The maximum atomic E-state index is 11.3. The van der Waals surface area contributed by atoms with Crippen LogP contribution in [0.2, 0.25) is 5.02 Å². The minimum Gasteiger partial charge on any atom is -0.346 e. The van der Waals surface area contributed by atoms with Crippen LogP contribution in [0.25, 0.3) is 0 Å². The maximum absolute atomic E-state index is 11.3. The molecule has 1 unspecified atom stereocenters. The number of amides is 1. The van der Waals surface area contributed by atoms with Crippen molar-refractivity contribution in [2.24, 2.45) is 5.92 Å². The van der Waals surface area contributed by atoms with E-state index < -0.39 is 0 Å². The molecule has 86 valence electrons. The highest BCUT2D eigenvalue weighted by Crippen LogP contribution is 2.23. The van der Waals surface area contributed by atoms with Crippen molar-refractivity contribution in [3.63, 3.8) is 0 Å². The first-order valence-electron chi connectivity index (χ1n) is 5.23. The van der Waals surface area contributed by atoms with Crippen LogP contribution < -0.4 is 5.32 Å². The van der Waals surface area contributed by atoms with Gasteiger partial charge in [-0.25, -0.2) is 0 Å². The summed E-state index contributed by atoms with van der Waals surface area (Å²) in [5.41, 5.74) is 1.05. The Morgan fingerprint density at radius 2 is 1.94 bits per heavy atom. The third-order valence-corrected chi connectivity index (χ3v) is 2.63. The van der Waals surface area contributed by atoms with Gasteiger partial charge in [-0.05, 0) is 29.7 Å². The van der Waals surface area contributed by atoms with E-state index in [2.05, 4.69) is 25.7 Å². The number of carbonyl (C=O) groups is 1. The van der Waals surface area contributed by atoms with Crippen molar-refractivity contribution in [3.05, 3.63) is 47.5 Å². The molecule has 0 saturated heterocycles. The molecule has 1 aromatic rings. The minimum atomic E-state index is -0.159. The molecule has 1 N–H and O–H groups in total. The van der Waals surface area contributed by atoms with Crippen molar-refractivity contribution in [1.29, 1.82) is 0 Å². The lowest BCUT2D eigenvalue weighted by Gasteiger charge is -2.22. The summed E-state index contributed by atoms with van der Waals surface area (Å²) in [6, 6.07) is 7.49. The molecule has 1 amide bonds. The Morgan fingerprint density at radius 1 is 1.38 bits per heavy atom. The van der Waals surface area contributed by atoms with Crippen molar-refractivity contribution >= 4 is 17.5 Å². The molecule has 0 saturated carbocycles. The summed E-state index contributed by atoms with van der Waals surface area (Å²) in [7, 11) is 0. The lowest BCUT2D eigenvalue weighted by molar-refractivity contribution is -0.117. The molecule has 0 aliphatic rings. The van der Waals surface area contributed by atoms with Crippen molar-refractivity contribution in [3.8, 4) is 0 Å². The summed E-state index contributed by atoms with van der Waals surface area (Å²) in [6.45, 7) is 7.56. The summed E-state index contributed by atoms with van der Waals surface area (Å²) in [6.07, 6.45) is 1.28. The van der Waals surface area contributed by atoms with Gasteiger partial charge in [-0.3, -0.25) is 4.79 Å². The molecule has 0 radical (unpaired) electrons. The fourth-order valence-corrected chi connectivity index (χ4v) is 1.64. The monoisotopic (exact) mass is 237 g/mol. The van der Waals surface area contributed by atoms with Gasteiger partial charge in [0.25, 0.3) is 0 Å². The van der Waals surface area contributed by atoms with Crippen LogP contribution in [0.15, 0.2) is 36.9 Å². The number of rotatable bonds is 4. The van der Waals surface area contributed by atoms with Crippen LogP contribution in [0, 0.1) is 5.92 Å². The Bertz CT molecular complexity index is 370. The maximum Gasteiger partial charge on any atom is 0.243 e. The SMILES string of the molecule is C=CC(=O)NC(c1ccc(Cl)cc1)C(C)C. The molecule has 0 bridgehead atoms. The molecule has 16 heavy (non-hydrogen) atoms. The second-order valence-corrected chi connectivity index (χ2v) is 4.42. The first kappa shape index (κ1) is 12.8. The van der Waals surface area contributed by atoms with Gasteiger partial charge in [-0.15, -0.1) is 0 Å². The smallest absolute Gasteiger partial charge is 0.243 e. The molecule has 0 aliphatic carbocycles. The molecule has 0 aliphatic heterocycles. The van der Waals surface area contributed by atoms with Gasteiger partial charge in [0.1, 0.15) is 0 Å². The van der Waals surface area contributed by atoms with E-state index in [0.717, 1.165) is 5.56 Å². The van der Waals surface area contributed by atoms with Gasteiger partial charge in [-0.1, -0.05) is 44.2 Å². The number of carbonyl (C=O) groups excluding carboxylic acids is 1. The summed E-state index contributed by atoms with van der Waals surface area (Å²) >= 11 is 5.83. The number of benzene rings is 1. The highest BCUT2D eigenvalue weighted by atomic mass is 35.5. The highest BCUT2D eigenvalue weighted by Gasteiger charge is 2.16. The molecule has 0 fully saturated rings. The summed E-state index contributed by atoms with van der Waals surface area (Å²) in [5.74, 6) is 0.152. The van der Waals surface area contributed by atoms with Gasteiger partial charge in [0, 0.05) is 5.02 Å². The third-order valence-electron chi connectivity index (χ3n) is 2.38. The van der Waals surface area contributed by atoms with Crippen molar-refractivity contribution < 1.29 is 4.79 Å². The second-order valence-electron chi connectivity index (χ2n) is 3.99. The van der Waals surface area contributed by atoms with E-state index in [9.17, 15) is 4.79 Å². The number of halogens is 1. The molecule has 1 atom stereocenters. The Morgan fingerprint density at radius 3 is 2.38 bits per heavy atom. The lowest BCUT2D eigenvalue weighted by atomic mass is 9.96. The van der Waals surface area contributed by atoms with Gasteiger partial charge in [0.05, 0.1) is 6.04 Å². The zero-order valence-electron chi connectivity index (χ0n) is 9.53. The molecular weight excluding hydrogens is 222 g/mol. The van der Waals surface area contributed by atoms with E-state index in [1.165, 1.54) is 6.08 Å². The third kappa shape index (κ3) is 3.38. The average molecular weight is 238 g/mol. The van der Waals surface area contributed by atoms with Crippen molar-refractivity contribution in [1.82, 2.24) is 5.32 Å². The van der Waals surface area contributed by atoms with Crippen LogP contribution in [-0.4, -0.2) is 5.91 Å². The van der Waals surface area contributed by atoms with Crippen LogP contribution in [0.5, 0.6) is 0 Å². The van der Waals surface area contributed by atoms with Crippen LogP contribution >= 0.6 is 11.6 Å². The number of hydrogen-bond donors (Lipinski definition) is 1. The molecule has 0 spiro atoms. The quantitative estimate of drug-likeness (QED) is 0.800. The zero-order valence-corrected chi connectivity index (χ0v) is 10.3.